The Labute approximate surface area is 185 Å². The van der Waals surface area contributed by atoms with Crippen molar-refractivity contribution in [3.63, 3.8) is 0 Å². The summed E-state index contributed by atoms with van der Waals surface area (Å²) in [7, 11) is 1.54. The Morgan fingerprint density at radius 2 is 2.00 bits per heavy atom. The molecule has 30 heavy (non-hydrogen) atoms. The largest absolute Gasteiger partial charge is 0.335 e. The molecular formula is C21H22Cl2N4O3. The first-order valence-electron chi connectivity index (χ1n) is 9.50. The third-order valence-corrected chi connectivity index (χ3v) is 5.46. The van der Waals surface area contributed by atoms with Crippen LogP contribution in [0.1, 0.15) is 28.8 Å². The Hall–Kier alpha value is -2.64. The molecule has 0 spiro atoms. The SMILES string of the molecule is Cc1ccnc(NC(=O)CN(C)C(=O)C2CCCN2C(=O)c2cc(Cl)ccc2Cl)c1. The van der Waals surface area contributed by atoms with Gasteiger partial charge in [-0.3, -0.25) is 14.4 Å². The van der Waals surface area contributed by atoms with E-state index in [0.29, 0.717) is 30.2 Å². The van der Waals surface area contributed by atoms with Gasteiger partial charge in [0.05, 0.1) is 17.1 Å². The topological polar surface area (TPSA) is 82.6 Å². The van der Waals surface area contributed by atoms with E-state index in [0.717, 1.165) is 5.56 Å². The second-order valence-electron chi connectivity index (χ2n) is 7.24. The number of likely N-dealkylation sites (tertiary alicyclic amines) is 1. The zero-order valence-corrected chi connectivity index (χ0v) is 18.2. The van der Waals surface area contributed by atoms with Gasteiger partial charge in [-0.2, -0.15) is 0 Å². The summed E-state index contributed by atoms with van der Waals surface area (Å²) in [5, 5.41) is 3.35. The number of aromatic nitrogens is 1. The lowest BCUT2D eigenvalue weighted by atomic mass is 10.1. The van der Waals surface area contributed by atoms with E-state index in [9.17, 15) is 14.4 Å². The number of carbonyl (C=O) groups excluding carboxylic acids is 3. The van der Waals surface area contributed by atoms with Crippen molar-refractivity contribution < 1.29 is 14.4 Å². The molecule has 1 aromatic heterocycles. The van der Waals surface area contributed by atoms with Crippen LogP contribution < -0.4 is 5.32 Å². The zero-order chi connectivity index (χ0) is 21.8. The summed E-state index contributed by atoms with van der Waals surface area (Å²) in [6.07, 6.45) is 2.81. The summed E-state index contributed by atoms with van der Waals surface area (Å²) >= 11 is 12.2. The van der Waals surface area contributed by atoms with E-state index in [4.69, 9.17) is 23.2 Å². The molecule has 1 atom stereocenters. The maximum atomic E-state index is 13.0. The fourth-order valence-corrected chi connectivity index (χ4v) is 3.79. The number of benzene rings is 1. The third-order valence-electron chi connectivity index (χ3n) is 4.90. The predicted octanol–water partition coefficient (Wildman–Crippen LogP) is 3.40. The number of carbonyl (C=O) groups is 3. The number of nitrogens with zero attached hydrogens (tertiary/aromatic N) is 3. The van der Waals surface area contributed by atoms with Gasteiger partial charge in [-0.15, -0.1) is 0 Å². The van der Waals surface area contributed by atoms with Crippen molar-refractivity contribution in [2.45, 2.75) is 25.8 Å². The molecule has 3 amide bonds. The van der Waals surface area contributed by atoms with E-state index >= 15 is 0 Å². The molecule has 9 heteroatoms. The second-order valence-corrected chi connectivity index (χ2v) is 8.09. The summed E-state index contributed by atoms with van der Waals surface area (Å²) in [5.74, 6) is -0.585. The molecule has 1 aliphatic heterocycles. The number of hydrogen-bond acceptors (Lipinski definition) is 4. The van der Waals surface area contributed by atoms with Crippen LogP contribution in [0.4, 0.5) is 5.82 Å². The van der Waals surface area contributed by atoms with Crippen LogP contribution >= 0.6 is 23.2 Å². The van der Waals surface area contributed by atoms with E-state index in [2.05, 4.69) is 10.3 Å². The Morgan fingerprint density at radius 1 is 1.23 bits per heavy atom. The molecule has 0 bridgehead atoms. The average molecular weight is 449 g/mol. The average Bonchev–Trinajstić information content (AvgIpc) is 3.18. The normalized spacial score (nSPS) is 15.7. The minimum atomic E-state index is -0.651. The molecule has 7 nitrogen and oxygen atoms in total. The fourth-order valence-electron chi connectivity index (χ4n) is 3.42. The van der Waals surface area contributed by atoms with E-state index in [1.807, 2.05) is 13.0 Å². The van der Waals surface area contributed by atoms with Crippen LogP contribution in [-0.2, 0) is 9.59 Å². The van der Waals surface area contributed by atoms with Crippen molar-refractivity contribution in [3.05, 3.63) is 57.7 Å². The molecule has 1 N–H and O–H groups in total. The highest BCUT2D eigenvalue weighted by atomic mass is 35.5. The molecule has 0 radical (unpaired) electrons. The molecular weight excluding hydrogens is 427 g/mol. The molecule has 3 rings (SSSR count). The van der Waals surface area contributed by atoms with Crippen molar-refractivity contribution in [1.29, 1.82) is 0 Å². The van der Waals surface area contributed by atoms with Gasteiger partial charge >= 0.3 is 0 Å². The quantitative estimate of drug-likeness (QED) is 0.759. The van der Waals surface area contributed by atoms with Gasteiger partial charge in [0, 0.05) is 24.8 Å². The maximum Gasteiger partial charge on any atom is 0.256 e. The van der Waals surface area contributed by atoms with Gasteiger partial charge in [-0.05, 0) is 55.7 Å². The van der Waals surface area contributed by atoms with E-state index < -0.39 is 6.04 Å². The number of amides is 3. The lowest BCUT2D eigenvalue weighted by Gasteiger charge is -2.28. The highest BCUT2D eigenvalue weighted by Crippen LogP contribution is 2.27. The fraction of sp³-hybridized carbons (Fsp3) is 0.333. The lowest BCUT2D eigenvalue weighted by Crippen LogP contribution is -2.48. The Morgan fingerprint density at radius 3 is 2.73 bits per heavy atom. The lowest BCUT2D eigenvalue weighted by molar-refractivity contribution is -0.136. The first-order valence-corrected chi connectivity index (χ1v) is 10.3. The summed E-state index contributed by atoms with van der Waals surface area (Å²) in [5.41, 5.74) is 1.22. The summed E-state index contributed by atoms with van der Waals surface area (Å²) in [6, 6.07) is 7.57. The number of rotatable bonds is 5. The summed E-state index contributed by atoms with van der Waals surface area (Å²) in [6.45, 7) is 2.18. The molecule has 1 aromatic carbocycles. The Bertz CT molecular complexity index is 982. The highest BCUT2D eigenvalue weighted by Gasteiger charge is 2.37. The minimum Gasteiger partial charge on any atom is -0.335 e. The first-order chi connectivity index (χ1) is 14.3. The molecule has 1 fully saturated rings. The van der Waals surface area contributed by atoms with Crippen LogP contribution in [0.3, 0.4) is 0 Å². The van der Waals surface area contributed by atoms with Gasteiger partial charge in [0.2, 0.25) is 11.8 Å². The van der Waals surface area contributed by atoms with E-state index in [1.54, 1.807) is 31.4 Å². The van der Waals surface area contributed by atoms with E-state index in [-0.39, 0.29) is 34.9 Å². The molecule has 158 valence electrons. The predicted molar refractivity (Wildman–Crippen MR) is 116 cm³/mol. The molecule has 1 saturated heterocycles. The molecule has 1 unspecified atom stereocenters. The Balaban J connectivity index is 1.66. The molecule has 2 aromatic rings. The summed E-state index contributed by atoms with van der Waals surface area (Å²) < 4.78 is 0. The second kappa shape index (κ2) is 9.45. The van der Waals surface area contributed by atoms with Gasteiger partial charge in [0.15, 0.2) is 0 Å². The number of anilines is 1. The van der Waals surface area contributed by atoms with Crippen molar-refractivity contribution in [2.24, 2.45) is 0 Å². The van der Waals surface area contributed by atoms with Crippen molar-refractivity contribution in [3.8, 4) is 0 Å². The van der Waals surface area contributed by atoms with Crippen LogP contribution in [0.25, 0.3) is 0 Å². The number of hydrogen-bond donors (Lipinski definition) is 1. The maximum absolute atomic E-state index is 13.0. The third kappa shape index (κ3) is 5.09. The standard InChI is InChI=1S/C21H22Cl2N4O3/c1-13-7-8-24-18(10-13)25-19(28)12-26(2)21(30)17-4-3-9-27(17)20(29)15-11-14(22)5-6-16(15)23/h5-8,10-11,17H,3-4,9,12H2,1-2H3,(H,24,25,28). The number of likely N-dealkylation sites (N-methyl/N-ethyl adjacent to an activating group) is 1. The number of pyridine rings is 1. The number of aryl methyl sites for hydroxylation is 1. The molecule has 1 aliphatic rings. The number of nitrogens with one attached hydrogen (secondary N) is 1. The van der Waals surface area contributed by atoms with Crippen LogP contribution in [0.2, 0.25) is 10.0 Å². The van der Waals surface area contributed by atoms with E-state index in [1.165, 1.54) is 15.9 Å². The zero-order valence-electron chi connectivity index (χ0n) is 16.7. The van der Waals surface area contributed by atoms with Crippen molar-refractivity contribution >= 4 is 46.7 Å². The van der Waals surface area contributed by atoms with Crippen molar-refractivity contribution in [2.75, 3.05) is 25.5 Å². The summed E-state index contributed by atoms with van der Waals surface area (Å²) in [4.78, 5) is 45.2. The Kier molecular flexibility index (Phi) is 6.95. The smallest absolute Gasteiger partial charge is 0.256 e. The monoisotopic (exact) mass is 448 g/mol. The van der Waals surface area contributed by atoms with Gasteiger partial charge in [0.25, 0.3) is 5.91 Å². The van der Waals surface area contributed by atoms with Gasteiger partial charge < -0.3 is 15.1 Å². The molecule has 0 aliphatic carbocycles. The van der Waals surface area contributed by atoms with Crippen LogP contribution in [-0.4, -0.2) is 58.7 Å². The molecule has 2 heterocycles. The van der Waals surface area contributed by atoms with Gasteiger partial charge in [0.1, 0.15) is 11.9 Å². The van der Waals surface area contributed by atoms with Crippen molar-refractivity contribution in [1.82, 2.24) is 14.8 Å². The van der Waals surface area contributed by atoms with Gasteiger partial charge in [-0.1, -0.05) is 23.2 Å². The van der Waals surface area contributed by atoms with Gasteiger partial charge in [-0.25, -0.2) is 4.98 Å². The van der Waals surface area contributed by atoms with Crippen LogP contribution in [0, 0.1) is 6.92 Å². The van der Waals surface area contributed by atoms with Crippen LogP contribution in [0.5, 0.6) is 0 Å². The first kappa shape index (κ1) is 22.1. The minimum absolute atomic E-state index is 0.148. The van der Waals surface area contributed by atoms with Crippen LogP contribution in [0.15, 0.2) is 36.5 Å². The number of halogens is 2. The molecule has 0 saturated carbocycles. The highest BCUT2D eigenvalue weighted by molar-refractivity contribution is 6.35.